The van der Waals surface area contributed by atoms with E-state index in [4.69, 9.17) is 26.7 Å². The second-order valence-electron chi connectivity index (χ2n) is 25.5. The first-order chi connectivity index (χ1) is 48.7. The molecule has 26 nitrogen and oxygen atoms in total. The topological polar surface area (TPSA) is 388 Å². The van der Waals surface area contributed by atoms with E-state index in [0.717, 1.165) is 93.8 Å². The van der Waals surface area contributed by atoms with Crippen molar-refractivity contribution in [1.82, 2.24) is 70.8 Å². The number of nitrogens with two attached hydrogens (primary N) is 3. The maximum atomic E-state index is 13.2. The zero-order valence-electron chi connectivity index (χ0n) is 60.7. The fourth-order valence-electron chi connectivity index (χ4n) is 9.91. The van der Waals surface area contributed by atoms with Crippen molar-refractivity contribution in [2.45, 2.75) is 199 Å². The van der Waals surface area contributed by atoms with E-state index >= 15 is 0 Å². The quantitative estimate of drug-likeness (QED) is 0.0349. The summed E-state index contributed by atoms with van der Waals surface area (Å²) < 4.78 is 68.8. The number of nitrogens with one attached hydrogen (secondary N) is 5. The van der Waals surface area contributed by atoms with E-state index in [1.165, 1.54) is 28.2 Å². The van der Waals surface area contributed by atoms with Crippen LogP contribution in [0.5, 0.6) is 0 Å². The van der Waals surface area contributed by atoms with Crippen LogP contribution in [0.15, 0.2) is 135 Å². The van der Waals surface area contributed by atoms with E-state index in [2.05, 4.69) is 135 Å². The largest absolute Gasteiger partial charge is 0.447 e. The van der Waals surface area contributed by atoms with Crippen molar-refractivity contribution in [3.8, 4) is 20.9 Å². The minimum atomic E-state index is -3.76. The van der Waals surface area contributed by atoms with Crippen LogP contribution < -0.4 is 42.6 Å². The zero-order valence-corrected chi connectivity index (χ0v) is 67.1. The predicted molar refractivity (Wildman–Crippen MR) is 420 cm³/mol. The number of aromatic nitrogens is 10. The number of carbonyl (C=O) groups is 2. The van der Waals surface area contributed by atoms with Gasteiger partial charge in [0, 0.05) is 70.7 Å². The molecule has 0 aliphatic heterocycles. The van der Waals surface area contributed by atoms with Gasteiger partial charge in [0.1, 0.15) is 22.1 Å². The number of nitrogen functional groups attached to an aromatic ring is 3. The summed E-state index contributed by atoms with van der Waals surface area (Å²) in [5.41, 5.74) is 22.5. The van der Waals surface area contributed by atoms with Gasteiger partial charge >= 0.3 is 12.2 Å². The van der Waals surface area contributed by atoms with Gasteiger partial charge in [-0.05, 0) is 206 Å². The molecule has 103 heavy (non-hydrogen) atoms. The molecule has 6 heterocycles. The SMILES string of the molecule is C=C(C)C.C=C(C)c1ccc(N)nn1.CC(C)c1ccc(N)nn1.CCNS(=O)(=O)c1cc(Br)ccc1-c1cnc(C2CCC(NC(=O)OC(C)C)CC2)s1.CCNS(=O)(=O)c1cc(Nc2ccc(C(C)C)nn2)ccc1-c1cnc(C2CCC(NC(=O)OC(C)C)CC2)s1.Nc1ccc(Br)nn1. The molecule has 2 amide bonds. The van der Waals surface area contributed by atoms with Crippen LogP contribution >= 0.6 is 54.5 Å². The van der Waals surface area contributed by atoms with Gasteiger partial charge in [-0.3, -0.25) is 0 Å². The molecular formula is C71H98Br2N18O8S4. The van der Waals surface area contributed by atoms with Gasteiger partial charge in [0.25, 0.3) is 0 Å². The first-order valence-electron chi connectivity index (χ1n) is 33.8. The molecule has 32 heteroatoms. The summed E-state index contributed by atoms with van der Waals surface area (Å²) >= 11 is 9.55. The first-order valence-corrected chi connectivity index (χ1v) is 40.0. The smallest absolute Gasteiger partial charge is 0.407 e. The molecular weight excluding hydrogens is 1520 g/mol. The Balaban J connectivity index is 0.000000262. The molecule has 2 fully saturated rings. The summed E-state index contributed by atoms with van der Waals surface area (Å²) in [4.78, 5) is 35.1. The molecule has 2 aliphatic rings. The van der Waals surface area contributed by atoms with Gasteiger partial charge in [0.2, 0.25) is 20.0 Å². The van der Waals surface area contributed by atoms with E-state index in [1.807, 2.05) is 98.7 Å². The minimum absolute atomic E-state index is 0.0881. The number of halogens is 2. The van der Waals surface area contributed by atoms with Crippen molar-refractivity contribution in [1.29, 1.82) is 0 Å². The second-order valence-corrected chi connectivity index (χ2v) is 32.9. The normalized spacial score (nSPS) is 15.6. The molecule has 0 atom stereocenters. The lowest BCUT2D eigenvalue weighted by Gasteiger charge is -2.28. The van der Waals surface area contributed by atoms with E-state index in [0.29, 0.717) is 67.5 Å². The molecule has 8 aromatic rings. The third kappa shape index (κ3) is 29.6. The first kappa shape index (κ1) is 85.7. The van der Waals surface area contributed by atoms with Gasteiger partial charge in [-0.15, -0.1) is 59.8 Å². The number of nitrogens with zero attached hydrogens (tertiary/aromatic N) is 10. The monoisotopic (exact) mass is 1620 g/mol. The number of rotatable bonds is 19. The van der Waals surface area contributed by atoms with E-state index in [1.54, 1.807) is 74.8 Å². The van der Waals surface area contributed by atoms with Crippen LogP contribution in [0.25, 0.3) is 26.5 Å². The Morgan fingerprint density at radius 3 is 1.33 bits per heavy atom. The summed E-state index contributed by atoms with van der Waals surface area (Å²) in [6, 6.07) is 25.1. The molecule has 11 N–H and O–H groups in total. The molecule has 2 saturated carbocycles. The number of benzene rings is 2. The molecule has 10 rings (SSSR count). The number of allylic oxidation sites excluding steroid dienone is 2. The standard InChI is InChI=1S/C28H38N6O4S2.C21H28BrN3O4S2.C7H11N3.C7H9N3.C4H4BrN3.C4H8/c1-6-30-40(36,37)25-15-21(31-26-14-13-23(17(2)3)33-34-26)11-12-22(25)24-16-29-27(39-24)19-7-9-20(10-8-19)32-28(35)38-18(4)5;1-4-24-31(27,28)19-11-15(22)7-10-17(19)18-12-23-20(30-18)14-5-8-16(9-6-14)25-21(26)29-13(2)3;2*1-5(2)6-3-4-7(8)10-9-6;5-3-1-2-4(6)8-7-3;1-4(2)3/h11-20,30H,6-10H2,1-5H3,(H,31,34)(H,32,35);7,10-14,16,24H,4-6,8-9H2,1-3H3,(H,25,26);3-5H,1-2H3,(H2,8,10);3-4H,1H2,2H3,(H2,8,10);1-2H,(H2,6,8);1H2,2-3H3. The Morgan fingerprint density at radius 2 is 0.961 bits per heavy atom. The maximum Gasteiger partial charge on any atom is 0.407 e. The van der Waals surface area contributed by atoms with Gasteiger partial charge in [0.15, 0.2) is 5.82 Å². The van der Waals surface area contributed by atoms with Crippen molar-refractivity contribution in [2.75, 3.05) is 35.6 Å². The van der Waals surface area contributed by atoms with Crippen molar-refractivity contribution in [3.63, 3.8) is 0 Å². The van der Waals surface area contributed by atoms with Crippen LogP contribution in [0.3, 0.4) is 0 Å². The second kappa shape index (κ2) is 42.1. The average molecular weight is 1620 g/mol. The summed E-state index contributed by atoms with van der Waals surface area (Å²) in [6.45, 7) is 32.8. The maximum absolute atomic E-state index is 13.2. The Bertz CT molecular complexity index is 4190. The molecule has 0 saturated heterocycles. The van der Waals surface area contributed by atoms with Gasteiger partial charge in [-0.1, -0.05) is 81.8 Å². The number of thiazole rings is 2. The lowest BCUT2D eigenvalue weighted by Crippen LogP contribution is -2.38. The minimum Gasteiger partial charge on any atom is -0.447 e. The van der Waals surface area contributed by atoms with Gasteiger partial charge < -0.3 is 42.6 Å². The highest BCUT2D eigenvalue weighted by molar-refractivity contribution is 9.10. The van der Waals surface area contributed by atoms with Crippen LogP contribution in [-0.2, 0) is 29.5 Å². The summed E-state index contributed by atoms with van der Waals surface area (Å²) in [7, 11) is -7.37. The van der Waals surface area contributed by atoms with E-state index < -0.39 is 20.0 Å². The fraction of sp³-hybridized carbons (Fsp3) is 0.437. The number of alkyl carbamates (subject to hydrolysis) is 2. The fourth-order valence-corrected chi connectivity index (χ4v) is 15.6. The highest BCUT2D eigenvalue weighted by Gasteiger charge is 2.30. The Morgan fingerprint density at radius 1 is 0.544 bits per heavy atom. The number of ether oxygens (including phenoxy) is 2. The number of hydrogen-bond acceptors (Lipinski definition) is 24. The van der Waals surface area contributed by atoms with Gasteiger partial charge in [-0.2, -0.15) is 10.2 Å². The highest BCUT2D eigenvalue weighted by Crippen LogP contribution is 2.42. The molecule has 0 bridgehead atoms. The zero-order chi connectivity index (χ0) is 76.1. The highest BCUT2D eigenvalue weighted by atomic mass is 79.9. The average Bonchev–Trinajstić information content (AvgIpc) is 1.75. The molecule has 0 spiro atoms. The molecule has 2 aliphatic carbocycles. The number of amides is 2. The van der Waals surface area contributed by atoms with Crippen LogP contribution in [0.2, 0.25) is 0 Å². The summed E-state index contributed by atoms with van der Waals surface area (Å²) in [6.07, 6.45) is 9.53. The number of hydrogen-bond donors (Lipinski definition) is 8. The van der Waals surface area contributed by atoms with Gasteiger partial charge in [-0.25, -0.2) is 45.8 Å². The molecule has 0 radical (unpaired) electrons. The van der Waals surface area contributed by atoms with Crippen molar-refractivity contribution < 1.29 is 35.9 Å². The van der Waals surface area contributed by atoms with Crippen molar-refractivity contribution in [3.05, 3.63) is 152 Å². The van der Waals surface area contributed by atoms with Crippen LogP contribution in [0, 0.1) is 0 Å². The Hall–Kier alpha value is -7.98. The van der Waals surface area contributed by atoms with E-state index in [9.17, 15) is 26.4 Å². The molecule has 0 unspecified atom stereocenters. The Kier molecular flexibility index (Phi) is 35.0. The van der Waals surface area contributed by atoms with Crippen LogP contribution in [0.1, 0.15) is 192 Å². The molecule has 2 aromatic carbocycles. The number of anilines is 5. The van der Waals surface area contributed by atoms with Crippen LogP contribution in [-0.4, -0.2) is 117 Å². The summed E-state index contributed by atoms with van der Waals surface area (Å²) in [5, 5.41) is 41.8. The van der Waals surface area contributed by atoms with Crippen molar-refractivity contribution in [2.24, 2.45) is 0 Å². The van der Waals surface area contributed by atoms with E-state index in [-0.39, 0.29) is 64.6 Å². The third-order valence-electron chi connectivity index (χ3n) is 14.9. The predicted octanol–water partition coefficient (Wildman–Crippen LogP) is 15.6. The summed E-state index contributed by atoms with van der Waals surface area (Å²) in [5.74, 6) is 3.15. The third-order valence-corrected chi connectivity index (χ3v) is 21.3. The lowest BCUT2D eigenvalue weighted by molar-refractivity contribution is 0.108. The number of sulfonamides is 2. The van der Waals surface area contributed by atoms with Crippen molar-refractivity contribution >= 4 is 121 Å². The lowest BCUT2D eigenvalue weighted by atomic mass is 9.86. The molecule has 558 valence electrons. The number of carbonyl (C=O) groups excluding carboxylic acids is 2. The Labute approximate surface area is 631 Å². The molecule has 6 aromatic heterocycles. The van der Waals surface area contributed by atoms with Crippen LogP contribution in [0.4, 0.5) is 38.5 Å². The van der Waals surface area contributed by atoms with Gasteiger partial charge in [0.05, 0.1) is 58.9 Å².